The van der Waals surface area contributed by atoms with Crippen LogP contribution < -0.4 is 15.5 Å². The van der Waals surface area contributed by atoms with E-state index >= 15 is 0 Å². The lowest BCUT2D eigenvalue weighted by molar-refractivity contribution is -0.137. The summed E-state index contributed by atoms with van der Waals surface area (Å²) in [5.74, 6) is -0.638. The van der Waals surface area contributed by atoms with Gasteiger partial charge in [0, 0.05) is 23.9 Å². The lowest BCUT2D eigenvalue weighted by Crippen LogP contribution is -2.41. The van der Waals surface area contributed by atoms with Gasteiger partial charge in [0.25, 0.3) is 5.91 Å². The number of anilines is 1. The average molecular weight is 437 g/mol. The van der Waals surface area contributed by atoms with E-state index in [4.69, 9.17) is 14.0 Å². The highest BCUT2D eigenvalue weighted by atomic mass is 19.4. The number of carbonyl (C=O) groups is 1. The minimum absolute atomic E-state index is 0.0528. The molecule has 1 saturated heterocycles. The molecule has 0 atom stereocenters. The van der Waals surface area contributed by atoms with Gasteiger partial charge in [-0.2, -0.15) is 13.2 Å². The zero-order valence-electron chi connectivity index (χ0n) is 17.8. The zero-order valence-corrected chi connectivity index (χ0v) is 17.8. The van der Waals surface area contributed by atoms with Gasteiger partial charge >= 0.3 is 13.3 Å². The third-order valence-corrected chi connectivity index (χ3v) is 5.26. The number of nitrogens with one attached hydrogen (secondary N) is 1. The summed E-state index contributed by atoms with van der Waals surface area (Å²) in [4.78, 5) is 20.4. The van der Waals surface area contributed by atoms with Crippen molar-refractivity contribution in [3.8, 4) is 5.75 Å². The molecule has 1 fully saturated rings. The van der Waals surface area contributed by atoms with Crippen LogP contribution in [0.4, 0.5) is 19.0 Å². The Morgan fingerprint density at radius 1 is 1.16 bits per heavy atom. The topological polar surface area (TPSA) is 82.6 Å². The van der Waals surface area contributed by atoms with Crippen molar-refractivity contribution in [1.82, 2.24) is 9.97 Å². The van der Waals surface area contributed by atoms with Crippen LogP contribution in [0.3, 0.4) is 0 Å². The Bertz CT molecular complexity index is 966. The Hall–Kier alpha value is -2.66. The van der Waals surface area contributed by atoms with Gasteiger partial charge < -0.3 is 19.4 Å². The molecule has 166 valence electrons. The van der Waals surface area contributed by atoms with Gasteiger partial charge in [0.05, 0.1) is 23.4 Å². The number of amides is 1. The molecule has 1 aliphatic rings. The number of hydrogen-bond acceptors (Lipinski definition) is 6. The number of carbonyl (C=O) groups excluding carboxylic acids is 1. The van der Waals surface area contributed by atoms with Crippen LogP contribution in [0.5, 0.6) is 5.75 Å². The van der Waals surface area contributed by atoms with Gasteiger partial charge in [0.1, 0.15) is 17.3 Å². The number of halogens is 3. The van der Waals surface area contributed by atoms with Crippen molar-refractivity contribution in [1.29, 1.82) is 0 Å². The molecule has 0 aliphatic carbocycles. The van der Waals surface area contributed by atoms with E-state index in [1.54, 1.807) is 6.92 Å². The van der Waals surface area contributed by atoms with E-state index in [0.717, 1.165) is 18.3 Å². The molecule has 3 heterocycles. The Labute approximate surface area is 178 Å². The third kappa shape index (κ3) is 4.82. The van der Waals surface area contributed by atoms with Gasteiger partial charge in [-0.15, -0.1) is 0 Å². The number of aromatic nitrogens is 2. The van der Waals surface area contributed by atoms with Crippen molar-refractivity contribution in [2.24, 2.45) is 0 Å². The van der Waals surface area contributed by atoms with Crippen LogP contribution >= 0.6 is 0 Å². The first-order chi connectivity index (χ1) is 14.3. The molecule has 1 N–H and O–H groups in total. The average Bonchev–Trinajstić information content (AvgIpc) is 2.88. The molecule has 31 heavy (non-hydrogen) atoms. The lowest BCUT2D eigenvalue weighted by atomic mass is 9.79. The molecule has 0 bridgehead atoms. The maximum absolute atomic E-state index is 12.9. The van der Waals surface area contributed by atoms with Crippen LogP contribution in [0, 0.1) is 0 Å². The number of nitrogens with zero attached hydrogens (tertiary/aromatic N) is 2. The van der Waals surface area contributed by atoms with Crippen LogP contribution in [0.1, 0.15) is 50.7 Å². The molecule has 0 saturated carbocycles. The number of rotatable bonds is 5. The maximum atomic E-state index is 12.9. The maximum Gasteiger partial charge on any atom is 0.500 e. The minimum atomic E-state index is -4.55. The molecular weight excluding hydrogens is 414 g/mol. The SMILES string of the molecule is CCOc1cc(C(=O)Nc2cc(C(F)(F)F)ccn2)ncc1B1OC(C)(C)C(C)(C)O1. The van der Waals surface area contributed by atoms with Crippen LogP contribution in [0.15, 0.2) is 30.6 Å². The molecule has 2 aromatic rings. The summed E-state index contributed by atoms with van der Waals surface area (Å²) < 4.78 is 56.3. The summed E-state index contributed by atoms with van der Waals surface area (Å²) in [6, 6.07) is 2.97. The fourth-order valence-electron chi connectivity index (χ4n) is 2.85. The largest absolute Gasteiger partial charge is 0.500 e. The highest BCUT2D eigenvalue weighted by molar-refractivity contribution is 6.63. The van der Waals surface area contributed by atoms with E-state index in [9.17, 15) is 18.0 Å². The van der Waals surface area contributed by atoms with Gasteiger partial charge in [-0.3, -0.25) is 9.78 Å². The molecule has 0 radical (unpaired) electrons. The predicted octanol–water partition coefficient (Wildman–Crippen LogP) is 3.45. The highest BCUT2D eigenvalue weighted by Crippen LogP contribution is 2.37. The van der Waals surface area contributed by atoms with Crippen LogP contribution in [-0.4, -0.2) is 40.8 Å². The van der Waals surface area contributed by atoms with E-state index in [0.29, 0.717) is 17.8 Å². The predicted molar refractivity (Wildman–Crippen MR) is 108 cm³/mol. The number of ether oxygens (including phenoxy) is 1. The van der Waals surface area contributed by atoms with Crippen LogP contribution in [0.25, 0.3) is 0 Å². The van der Waals surface area contributed by atoms with E-state index in [1.807, 2.05) is 27.7 Å². The van der Waals surface area contributed by atoms with Crippen molar-refractivity contribution < 1.29 is 32.0 Å². The Morgan fingerprint density at radius 3 is 2.39 bits per heavy atom. The smallest absolute Gasteiger partial charge is 0.494 e. The second kappa shape index (κ2) is 8.12. The van der Waals surface area contributed by atoms with Gasteiger partial charge in [0.15, 0.2) is 0 Å². The van der Waals surface area contributed by atoms with E-state index in [-0.39, 0.29) is 11.5 Å². The first kappa shape index (κ1) is 23.0. The first-order valence-corrected chi connectivity index (χ1v) is 9.67. The van der Waals surface area contributed by atoms with Crippen molar-refractivity contribution in [2.45, 2.75) is 52.0 Å². The normalized spacial score (nSPS) is 17.5. The van der Waals surface area contributed by atoms with Crippen molar-refractivity contribution in [3.05, 3.63) is 41.9 Å². The van der Waals surface area contributed by atoms with Crippen molar-refractivity contribution in [3.63, 3.8) is 0 Å². The molecular formula is C20H23BF3N3O4. The highest BCUT2D eigenvalue weighted by Gasteiger charge is 2.52. The fraction of sp³-hybridized carbons (Fsp3) is 0.450. The Morgan fingerprint density at radius 2 is 1.81 bits per heavy atom. The lowest BCUT2D eigenvalue weighted by Gasteiger charge is -2.32. The van der Waals surface area contributed by atoms with Crippen LogP contribution in [0.2, 0.25) is 0 Å². The summed E-state index contributed by atoms with van der Waals surface area (Å²) in [5, 5.41) is 2.32. The molecule has 3 rings (SSSR count). The zero-order chi connectivity index (χ0) is 23.0. The van der Waals surface area contributed by atoms with E-state index in [2.05, 4.69) is 15.3 Å². The van der Waals surface area contributed by atoms with Crippen molar-refractivity contribution >= 4 is 24.3 Å². The number of pyridine rings is 2. The molecule has 1 amide bonds. The Balaban J connectivity index is 1.85. The van der Waals surface area contributed by atoms with Gasteiger partial charge in [0.2, 0.25) is 0 Å². The molecule has 2 aromatic heterocycles. The third-order valence-electron chi connectivity index (χ3n) is 5.26. The molecule has 0 unspecified atom stereocenters. The molecule has 11 heteroatoms. The van der Waals surface area contributed by atoms with E-state index < -0.39 is 36.0 Å². The summed E-state index contributed by atoms with van der Waals surface area (Å²) in [6.45, 7) is 9.72. The first-order valence-electron chi connectivity index (χ1n) is 9.67. The standard InChI is InChI=1S/C20H23BF3N3O4/c1-6-29-15-10-14(17(28)27-16-9-12(7-8-25-16)20(22,23)24)26-11-13(15)21-30-18(2,3)19(4,5)31-21/h7-11H,6H2,1-5H3,(H,25,27,28). The van der Waals surface area contributed by atoms with Crippen molar-refractivity contribution in [2.75, 3.05) is 11.9 Å². The van der Waals surface area contributed by atoms with Crippen LogP contribution in [-0.2, 0) is 15.5 Å². The minimum Gasteiger partial charge on any atom is -0.494 e. The molecule has 0 aromatic carbocycles. The monoisotopic (exact) mass is 437 g/mol. The van der Waals surface area contributed by atoms with Gasteiger partial charge in [-0.1, -0.05) is 0 Å². The quantitative estimate of drug-likeness (QED) is 0.722. The molecule has 1 aliphatic heterocycles. The van der Waals surface area contributed by atoms with Gasteiger partial charge in [-0.05, 0) is 46.8 Å². The second-order valence-electron chi connectivity index (χ2n) is 8.01. The number of hydrogen-bond donors (Lipinski definition) is 1. The fourth-order valence-corrected chi connectivity index (χ4v) is 2.85. The second-order valence-corrected chi connectivity index (χ2v) is 8.01. The summed E-state index contributed by atoms with van der Waals surface area (Å²) in [6.07, 6.45) is -2.17. The Kier molecular flexibility index (Phi) is 6.03. The van der Waals surface area contributed by atoms with Gasteiger partial charge in [-0.25, -0.2) is 4.98 Å². The van der Waals surface area contributed by atoms with E-state index in [1.165, 1.54) is 12.3 Å². The molecule has 7 nitrogen and oxygen atoms in total. The molecule has 0 spiro atoms. The summed E-state index contributed by atoms with van der Waals surface area (Å²) in [7, 11) is -0.749. The summed E-state index contributed by atoms with van der Waals surface area (Å²) in [5.41, 5.74) is -1.62. The summed E-state index contributed by atoms with van der Waals surface area (Å²) >= 11 is 0. The number of alkyl halides is 3.